The molecule has 0 bridgehead atoms. The summed E-state index contributed by atoms with van der Waals surface area (Å²) in [4.78, 5) is 12.1. The van der Waals surface area contributed by atoms with Crippen LogP contribution in [0.4, 0.5) is 5.69 Å². The average Bonchev–Trinajstić information content (AvgIpc) is 2.78. The van der Waals surface area contributed by atoms with Gasteiger partial charge in [0.1, 0.15) is 0 Å². The molecule has 2 unspecified atom stereocenters. The molecular formula is C14H17N3O. The molecule has 2 atom stereocenters. The first-order valence-corrected chi connectivity index (χ1v) is 6.17. The van der Waals surface area contributed by atoms with Crippen molar-refractivity contribution in [3.05, 3.63) is 29.3 Å². The molecule has 0 aliphatic carbocycles. The van der Waals surface area contributed by atoms with Crippen LogP contribution in [0.1, 0.15) is 24.5 Å². The highest BCUT2D eigenvalue weighted by Crippen LogP contribution is 2.20. The van der Waals surface area contributed by atoms with Crippen LogP contribution in [-0.2, 0) is 4.79 Å². The molecule has 2 rings (SSSR count). The lowest BCUT2D eigenvalue weighted by Gasteiger charge is -2.16. The van der Waals surface area contributed by atoms with Gasteiger partial charge in [0.25, 0.3) is 0 Å². The number of carbonyl (C=O) groups is 1. The second-order valence-corrected chi connectivity index (χ2v) is 4.83. The van der Waals surface area contributed by atoms with E-state index in [0.717, 1.165) is 24.2 Å². The number of carbonyl (C=O) groups excluding carboxylic acids is 1. The van der Waals surface area contributed by atoms with Gasteiger partial charge >= 0.3 is 0 Å². The number of amides is 1. The van der Waals surface area contributed by atoms with Gasteiger partial charge in [-0.25, -0.2) is 0 Å². The van der Waals surface area contributed by atoms with Crippen molar-refractivity contribution in [2.75, 3.05) is 11.9 Å². The molecule has 1 amide bonds. The van der Waals surface area contributed by atoms with Crippen LogP contribution in [0.25, 0.3) is 0 Å². The molecule has 1 saturated heterocycles. The Morgan fingerprint density at radius 3 is 2.94 bits per heavy atom. The molecule has 94 valence electrons. The van der Waals surface area contributed by atoms with E-state index in [0.29, 0.717) is 11.5 Å². The van der Waals surface area contributed by atoms with Crippen molar-refractivity contribution in [2.24, 2.45) is 5.92 Å². The third kappa shape index (κ3) is 2.52. The fourth-order valence-corrected chi connectivity index (χ4v) is 2.22. The Labute approximate surface area is 107 Å². The van der Waals surface area contributed by atoms with E-state index in [4.69, 9.17) is 5.26 Å². The monoisotopic (exact) mass is 243 g/mol. The first-order valence-electron chi connectivity index (χ1n) is 6.17. The van der Waals surface area contributed by atoms with Crippen LogP contribution < -0.4 is 10.6 Å². The smallest absolute Gasteiger partial charge is 0.241 e. The maximum atomic E-state index is 12.1. The first kappa shape index (κ1) is 12.6. The van der Waals surface area contributed by atoms with E-state index in [-0.39, 0.29) is 11.9 Å². The van der Waals surface area contributed by atoms with Crippen LogP contribution in [0.15, 0.2) is 18.2 Å². The van der Waals surface area contributed by atoms with Gasteiger partial charge in [0.15, 0.2) is 0 Å². The molecule has 1 heterocycles. The maximum absolute atomic E-state index is 12.1. The standard InChI is InChI=1S/C14H17N3O/c1-9-3-4-11(8-15)7-12(9)17-14(18)13-10(2)5-6-16-13/h3-4,7,10,13,16H,5-6H2,1-2H3,(H,17,18). The molecule has 4 heteroatoms. The number of hydrogen-bond donors (Lipinski definition) is 2. The summed E-state index contributed by atoms with van der Waals surface area (Å²) in [5, 5.41) is 15.0. The largest absolute Gasteiger partial charge is 0.324 e. The number of rotatable bonds is 2. The summed E-state index contributed by atoms with van der Waals surface area (Å²) in [6.07, 6.45) is 1.02. The Bertz CT molecular complexity index is 504. The third-order valence-corrected chi connectivity index (χ3v) is 3.44. The minimum absolute atomic E-state index is 0.0156. The minimum atomic E-state index is -0.129. The predicted molar refractivity (Wildman–Crippen MR) is 70.1 cm³/mol. The number of benzene rings is 1. The highest BCUT2D eigenvalue weighted by Gasteiger charge is 2.29. The summed E-state index contributed by atoms with van der Waals surface area (Å²) in [5.74, 6) is 0.336. The number of nitrogens with one attached hydrogen (secondary N) is 2. The van der Waals surface area contributed by atoms with Gasteiger partial charge in [-0.2, -0.15) is 5.26 Å². The van der Waals surface area contributed by atoms with E-state index in [9.17, 15) is 4.79 Å². The number of hydrogen-bond acceptors (Lipinski definition) is 3. The second-order valence-electron chi connectivity index (χ2n) is 4.83. The normalized spacial score (nSPS) is 22.5. The van der Waals surface area contributed by atoms with E-state index < -0.39 is 0 Å². The second kappa shape index (κ2) is 5.19. The number of aryl methyl sites for hydroxylation is 1. The highest BCUT2D eigenvalue weighted by molar-refractivity contribution is 5.96. The van der Waals surface area contributed by atoms with Gasteiger partial charge in [-0.05, 0) is 43.5 Å². The zero-order valence-electron chi connectivity index (χ0n) is 10.7. The Morgan fingerprint density at radius 1 is 1.56 bits per heavy atom. The average molecular weight is 243 g/mol. The number of anilines is 1. The summed E-state index contributed by atoms with van der Waals surface area (Å²) in [7, 11) is 0. The molecule has 18 heavy (non-hydrogen) atoms. The van der Waals surface area contributed by atoms with Crippen LogP contribution in [0, 0.1) is 24.2 Å². The lowest BCUT2D eigenvalue weighted by Crippen LogP contribution is -2.39. The summed E-state index contributed by atoms with van der Waals surface area (Å²) in [5.41, 5.74) is 2.25. The van der Waals surface area contributed by atoms with Crippen LogP contribution in [0.2, 0.25) is 0 Å². The Hall–Kier alpha value is -1.86. The zero-order chi connectivity index (χ0) is 13.1. The van der Waals surface area contributed by atoms with Crippen molar-refractivity contribution in [1.29, 1.82) is 5.26 Å². The van der Waals surface area contributed by atoms with E-state index in [1.165, 1.54) is 0 Å². The van der Waals surface area contributed by atoms with Crippen molar-refractivity contribution in [2.45, 2.75) is 26.3 Å². The van der Waals surface area contributed by atoms with Gasteiger partial charge in [-0.15, -0.1) is 0 Å². The molecule has 2 N–H and O–H groups in total. The highest BCUT2D eigenvalue weighted by atomic mass is 16.2. The summed E-state index contributed by atoms with van der Waals surface area (Å²) in [6.45, 7) is 4.88. The summed E-state index contributed by atoms with van der Waals surface area (Å²) >= 11 is 0. The quantitative estimate of drug-likeness (QED) is 0.832. The van der Waals surface area contributed by atoms with E-state index in [2.05, 4.69) is 23.6 Å². The predicted octanol–water partition coefficient (Wildman–Crippen LogP) is 1.80. The van der Waals surface area contributed by atoms with Crippen LogP contribution >= 0.6 is 0 Å². The van der Waals surface area contributed by atoms with Gasteiger partial charge in [-0.1, -0.05) is 13.0 Å². The van der Waals surface area contributed by atoms with E-state index in [1.54, 1.807) is 12.1 Å². The molecule has 1 aliphatic rings. The fourth-order valence-electron chi connectivity index (χ4n) is 2.22. The van der Waals surface area contributed by atoms with Gasteiger partial charge in [-0.3, -0.25) is 4.79 Å². The first-order chi connectivity index (χ1) is 8.61. The third-order valence-electron chi connectivity index (χ3n) is 3.44. The van der Waals surface area contributed by atoms with Gasteiger partial charge in [0, 0.05) is 5.69 Å². The molecule has 1 aromatic rings. The zero-order valence-corrected chi connectivity index (χ0v) is 10.7. The SMILES string of the molecule is Cc1ccc(C#N)cc1NC(=O)C1NCCC1C. The van der Waals surface area contributed by atoms with Crippen molar-refractivity contribution in [3.63, 3.8) is 0 Å². The van der Waals surface area contributed by atoms with E-state index in [1.807, 2.05) is 13.0 Å². The molecule has 0 radical (unpaired) electrons. The molecule has 1 aromatic carbocycles. The van der Waals surface area contributed by atoms with Crippen LogP contribution in [-0.4, -0.2) is 18.5 Å². The van der Waals surface area contributed by atoms with Crippen LogP contribution in [0.5, 0.6) is 0 Å². The minimum Gasteiger partial charge on any atom is -0.324 e. The van der Waals surface area contributed by atoms with Crippen molar-refractivity contribution in [3.8, 4) is 6.07 Å². The summed E-state index contributed by atoms with van der Waals surface area (Å²) in [6, 6.07) is 7.26. The molecule has 4 nitrogen and oxygen atoms in total. The lowest BCUT2D eigenvalue weighted by molar-refractivity contribution is -0.118. The lowest BCUT2D eigenvalue weighted by atomic mass is 10.0. The Kier molecular flexibility index (Phi) is 3.63. The molecule has 0 saturated carbocycles. The van der Waals surface area contributed by atoms with Gasteiger partial charge < -0.3 is 10.6 Å². The van der Waals surface area contributed by atoms with Crippen molar-refractivity contribution < 1.29 is 4.79 Å². The molecule has 1 fully saturated rings. The fraction of sp³-hybridized carbons (Fsp3) is 0.429. The van der Waals surface area contributed by atoms with Gasteiger partial charge in [0.05, 0.1) is 17.7 Å². The van der Waals surface area contributed by atoms with Crippen molar-refractivity contribution >= 4 is 11.6 Å². The van der Waals surface area contributed by atoms with Crippen molar-refractivity contribution in [1.82, 2.24) is 5.32 Å². The molecular weight excluding hydrogens is 226 g/mol. The van der Waals surface area contributed by atoms with Gasteiger partial charge in [0.2, 0.25) is 5.91 Å². The molecule has 0 spiro atoms. The summed E-state index contributed by atoms with van der Waals surface area (Å²) < 4.78 is 0. The number of nitriles is 1. The topological polar surface area (TPSA) is 64.9 Å². The van der Waals surface area contributed by atoms with E-state index >= 15 is 0 Å². The molecule has 0 aromatic heterocycles. The maximum Gasteiger partial charge on any atom is 0.241 e. The number of nitrogens with zero attached hydrogens (tertiary/aromatic N) is 1. The Morgan fingerprint density at radius 2 is 2.33 bits per heavy atom. The molecule has 1 aliphatic heterocycles. The Balaban J connectivity index is 2.14. The van der Waals surface area contributed by atoms with Crippen LogP contribution in [0.3, 0.4) is 0 Å².